The van der Waals surface area contributed by atoms with Crippen LogP contribution < -0.4 is 5.32 Å². The van der Waals surface area contributed by atoms with Crippen LogP contribution in [0.5, 0.6) is 0 Å². The molecule has 0 aliphatic rings. The fourth-order valence-electron chi connectivity index (χ4n) is 1.27. The number of nitrogens with zero attached hydrogens (tertiary/aromatic N) is 1. The maximum absolute atomic E-state index is 11.5. The van der Waals surface area contributed by atoms with Gasteiger partial charge in [0, 0.05) is 6.54 Å². The van der Waals surface area contributed by atoms with E-state index in [1.807, 2.05) is 25.9 Å². The van der Waals surface area contributed by atoms with Gasteiger partial charge in [-0.05, 0) is 26.9 Å². The number of ether oxygens (including phenoxy) is 2. The molecule has 0 aromatic carbocycles. The maximum atomic E-state index is 11.5. The number of rotatable bonds is 8. The van der Waals surface area contributed by atoms with Gasteiger partial charge in [-0.1, -0.05) is 13.3 Å². The third-order valence-corrected chi connectivity index (χ3v) is 2.37. The zero-order valence-electron chi connectivity index (χ0n) is 11.7. The minimum atomic E-state index is -0.661. The number of carbonyl (C=O) groups excluding carboxylic acids is 2. The molecule has 0 aromatic heterocycles. The fourth-order valence-corrected chi connectivity index (χ4v) is 1.27. The first kappa shape index (κ1) is 16.7. The van der Waals surface area contributed by atoms with Crippen LogP contribution in [0.15, 0.2) is 0 Å². The minimum Gasteiger partial charge on any atom is -0.467 e. The lowest BCUT2D eigenvalue weighted by Crippen LogP contribution is -2.43. The Morgan fingerprint density at radius 3 is 2.50 bits per heavy atom. The first-order valence-corrected chi connectivity index (χ1v) is 6.17. The number of unbranched alkanes of at least 4 members (excludes halogenated alkanes) is 1. The topological polar surface area (TPSA) is 67.9 Å². The second-order valence-electron chi connectivity index (χ2n) is 4.30. The van der Waals surface area contributed by atoms with Crippen molar-refractivity contribution in [3.05, 3.63) is 0 Å². The van der Waals surface area contributed by atoms with Gasteiger partial charge in [0.2, 0.25) is 0 Å². The average Bonchev–Trinajstić information content (AvgIpc) is 2.33. The molecule has 0 heterocycles. The molecule has 0 aliphatic carbocycles. The molecule has 1 unspecified atom stereocenters. The lowest BCUT2D eigenvalue weighted by Gasteiger charge is -2.18. The van der Waals surface area contributed by atoms with Crippen LogP contribution in [0.2, 0.25) is 0 Å². The fraction of sp³-hybridized carbons (Fsp3) is 0.833. The van der Waals surface area contributed by atoms with Gasteiger partial charge in [0.15, 0.2) is 0 Å². The van der Waals surface area contributed by atoms with Gasteiger partial charge < -0.3 is 19.7 Å². The van der Waals surface area contributed by atoms with E-state index >= 15 is 0 Å². The molecule has 0 fully saturated rings. The smallest absolute Gasteiger partial charge is 0.407 e. The van der Waals surface area contributed by atoms with Crippen molar-refractivity contribution in [3.63, 3.8) is 0 Å². The SMILES string of the molecule is CCCCOC(=O)NC(CCN(C)C)C(=O)OC. The van der Waals surface area contributed by atoms with Gasteiger partial charge in [0.05, 0.1) is 13.7 Å². The highest BCUT2D eigenvalue weighted by Crippen LogP contribution is 1.98. The zero-order valence-corrected chi connectivity index (χ0v) is 11.7. The van der Waals surface area contributed by atoms with Gasteiger partial charge in [0.25, 0.3) is 0 Å². The van der Waals surface area contributed by atoms with Gasteiger partial charge in [-0.3, -0.25) is 0 Å². The van der Waals surface area contributed by atoms with Crippen molar-refractivity contribution < 1.29 is 19.1 Å². The number of hydrogen-bond donors (Lipinski definition) is 1. The van der Waals surface area contributed by atoms with Crippen molar-refractivity contribution in [2.24, 2.45) is 0 Å². The van der Waals surface area contributed by atoms with Crippen molar-refractivity contribution in [1.82, 2.24) is 10.2 Å². The Balaban J connectivity index is 4.14. The Morgan fingerprint density at radius 1 is 1.33 bits per heavy atom. The van der Waals surface area contributed by atoms with Crippen molar-refractivity contribution in [2.45, 2.75) is 32.2 Å². The molecule has 0 radical (unpaired) electrons. The van der Waals surface area contributed by atoms with E-state index in [-0.39, 0.29) is 0 Å². The predicted molar refractivity (Wildman–Crippen MR) is 68.4 cm³/mol. The van der Waals surface area contributed by atoms with Crippen LogP contribution >= 0.6 is 0 Å². The average molecular weight is 260 g/mol. The number of carbonyl (C=O) groups is 2. The Hall–Kier alpha value is -1.30. The molecule has 0 spiro atoms. The molecule has 6 nitrogen and oxygen atoms in total. The number of nitrogens with one attached hydrogen (secondary N) is 1. The monoisotopic (exact) mass is 260 g/mol. The van der Waals surface area contributed by atoms with Gasteiger partial charge in [0.1, 0.15) is 6.04 Å². The van der Waals surface area contributed by atoms with E-state index < -0.39 is 18.1 Å². The molecule has 1 atom stereocenters. The number of hydrogen-bond acceptors (Lipinski definition) is 5. The minimum absolute atomic E-state index is 0.365. The van der Waals surface area contributed by atoms with E-state index in [2.05, 4.69) is 10.1 Å². The van der Waals surface area contributed by atoms with Crippen LogP contribution in [0.1, 0.15) is 26.2 Å². The van der Waals surface area contributed by atoms with Crippen molar-refractivity contribution in [1.29, 1.82) is 0 Å². The van der Waals surface area contributed by atoms with Crippen LogP contribution in [0.4, 0.5) is 4.79 Å². The third kappa shape index (κ3) is 7.89. The molecule has 1 amide bonds. The van der Waals surface area contributed by atoms with E-state index in [1.54, 1.807) is 0 Å². The second-order valence-corrected chi connectivity index (χ2v) is 4.30. The molecular weight excluding hydrogens is 236 g/mol. The summed E-state index contributed by atoms with van der Waals surface area (Å²) in [6, 6.07) is -0.661. The Morgan fingerprint density at radius 2 is 2.00 bits per heavy atom. The van der Waals surface area contributed by atoms with Gasteiger partial charge >= 0.3 is 12.1 Å². The summed E-state index contributed by atoms with van der Waals surface area (Å²) in [5.41, 5.74) is 0. The quantitative estimate of drug-likeness (QED) is 0.521. The van der Waals surface area contributed by atoms with Crippen LogP contribution in [-0.4, -0.2) is 57.4 Å². The summed E-state index contributed by atoms with van der Waals surface area (Å²) in [4.78, 5) is 24.8. The third-order valence-electron chi connectivity index (χ3n) is 2.37. The molecule has 18 heavy (non-hydrogen) atoms. The Labute approximate surface area is 109 Å². The molecule has 0 saturated carbocycles. The molecule has 0 aromatic rings. The lowest BCUT2D eigenvalue weighted by molar-refractivity contribution is -0.143. The summed E-state index contributed by atoms with van der Waals surface area (Å²) in [6.45, 7) is 3.05. The summed E-state index contributed by atoms with van der Waals surface area (Å²) in [5, 5.41) is 2.52. The Bertz CT molecular complexity index is 256. The molecule has 0 aliphatic heterocycles. The molecule has 0 saturated heterocycles. The summed E-state index contributed by atoms with van der Waals surface area (Å²) >= 11 is 0. The van der Waals surface area contributed by atoms with Crippen LogP contribution in [-0.2, 0) is 14.3 Å². The van der Waals surface area contributed by atoms with Crippen LogP contribution in [0.3, 0.4) is 0 Å². The highest BCUT2D eigenvalue weighted by atomic mass is 16.6. The number of esters is 1. The molecule has 1 N–H and O–H groups in total. The molecule has 106 valence electrons. The number of methoxy groups -OCH3 is 1. The van der Waals surface area contributed by atoms with E-state index in [0.29, 0.717) is 19.6 Å². The summed E-state index contributed by atoms with van der Waals surface area (Å²) in [5.74, 6) is -0.454. The standard InChI is InChI=1S/C12H24N2O4/c1-5-6-9-18-12(16)13-10(11(15)17-4)7-8-14(2)3/h10H,5-9H2,1-4H3,(H,13,16). The van der Waals surface area contributed by atoms with Crippen molar-refractivity contribution in [3.8, 4) is 0 Å². The largest absolute Gasteiger partial charge is 0.467 e. The van der Waals surface area contributed by atoms with Gasteiger partial charge in [-0.15, -0.1) is 0 Å². The van der Waals surface area contributed by atoms with E-state index in [1.165, 1.54) is 7.11 Å². The van der Waals surface area contributed by atoms with E-state index in [4.69, 9.17) is 4.74 Å². The summed E-state index contributed by atoms with van der Waals surface area (Å²) in [7, 11) is 5.09. The van der Waals surface area contributed by atoms with Crippen molar-refractivity contribution in [2.75, 3.05) is 34.4 Å². The second kappa shape index (κ2) is 9.70. The van der Waals surface area contributed by atoms with Crippen LogP contribution in [0, 0.1) is 0 Å². The van der Waals surface area contributed by atoms with E-state index in [9.17, 15) is 9.59 Å². The first-order chi connectivity index (χ1) is 8.51. The normalized spacial score (nSPS) is 12.1. The highest BCUT2D eigenvalue weighted by molar-refractivity contribution is 5.81. The van der Waals surface area contributed by atoms with Gasteiger partial charge in [-0.2, -0.15) is 0 Å². The van der Waals surface area contributed by atoms with Gasteiger partial charge in [-0.25, -0.2) is 9.59 Å². The predicted octanol–water partition coefficient (Wildman–Crippen LogP) is 1.01. The lowest BCUT2D eigenvalue weighted by atomic mass is 10.2. The molecule has 0 rings (SSSR count). The van der Waals surface area contributed by atoms with Crippen LogP contribution in [0.25, 0.3) is 0 Å². The zero-order chi connectivity index (χ0) is 14.0. The summed E-state index contributed by atoms with van der Waals surface area (Å²) < 4.78 is 9.59. The molecular formula is C12H24N2O4. The van der Waals surface area contributed by atoms with Crippen molar-refractivity contribution >= 4 is 12.1 Å². The number of alkyl carbamates (subject to hydrolysis) is 1. The van der Waals surface area contributed by atoms with E-state index in [0.717, 1.165) is 12.8 Å². The summed E-state index contributed by atoms with van der Waals surface area (Å²) in [6.07, 6.45) is 1.68. The number of amides is 1. The maximum Gasteiger partial charge on any atom is 0.407 e. The Kier molecular flexibility index (Phi) is 9.00. The molecule has 6 heteroatoms. The molecule has 0 bridgehead atoms. The highest BCUT2D eigenvalue weighted by Gasteiger charge is 2.21. The first-order valence-electron chi connectivity index (χ1n) is 6.17.